The summed E-state index contributed by atoms with van der Waals surface area (Å²) in [6.07, 6.45) is 0.753. The lowest BCUT2D eigenvalue weighted by molar-refractivity contribution is 0.293. The molecule has 6 heteroatoms. The van der Waals surface area contributed by atoms with Crippen molar-refractivity contribution in [3.05, 3.63) is 46.0 Å². The van der Waals surface area contributed by atoms with Gasteiger partial charge in [-0.05, 0) is 24.1 Å². The Bertz CT molecular complexity index is 613. The minimum absolute atomic E-state index is 0.230. The summed E-state index contributed by atoms with van der Waals surface area (Å²) in [5, 5.41) is 4.90. The van der Waals surface area contributed by atoms with E-state index in [9.17, 15) is 4.39 Å². The van der Waals surface area contributed by atoms with Crippen molar-refractivity contribution in [1.29, 1.82) is 0 Å². The highest BCUT2D eigenvalue weighted by Gasteiger charge is 2.13. The minimum atomic E-state index is -0.372. The van der Waals surface area contributed by atoms with Gasteiger partial charge in [-0.1, -0.05) is 18.5 Å². The molecule has 0 bridgehead atoms. The fourth-order valence-electron chi connectivity index (χ4n) is 1.91. The SMILES string of the molecule is CCc1nn(C)c(COc2cc(F)cc(CCl)c2)c1Cl. The third kappa shape index (κ3) is 3.25. The maximum absolute atomic E-state index is 13.4. The topological polar surface area (TPSA) is 27.1 Å². The van der Waals surface area contributed by atoms with Gasteiger partial charge in [0.2, 0.25) is 0 Å². The number of ether oxygens (including phenoxy) is 1. The normalized spacial score (nSPS) is 10.8. The van der Waals surface area contributed by atoms with E-state index in [1.165, 1.54) is 12.1 Å². The number of aryl methyl sites for hydroxylation is 2. The molecule has 1 aromatic carbocycles. The van der Waals surface area contributed by atoms with Crippen molar-refractivity contribution >= 4 is 23.2 Å². The fourth-order valence-corrected chi connectivity index (χ4v) is 2.41. The highest BCUT2D eigenvalue weighted by atomic mass is 35.5. The molecular weight excluding hydrogens is 302 g/mol. The van der Waals surface area contributed by atoms with E-state index in [2.05, 4.69) is 5.10 Å². The second-order valence-electron chi connectivity index (χ2n) is 4.40. The summed E-state index contributed by atoms with van der Waals surface area (Å²) in [5.41, 5.74) is 2.26. The maximum atomic E-state index is 13.4. The first kappa shape index (κ1) is 15.1. The molecule has 0 radical (unpaired) electrons. The molecule has 2 aromatic rings. The average Bonchev–Trinajstić information content (AvgIpc) is 2.70. The first-order chi connectivity index (χ1) is 9.55. The Balaban J connectivity index is 2.16. The van der Waals surface area contributed by atoms with Crippen molar-refractivity contribution in [2.24, 2.45) is 7.05 Å². The smallest absolute Gasteiger partial charge is 0.131 e. The summed E-state index contributed by atoms with van der Waals surface area (Å²) >= 11 is 11.9. The van der Waals surface area contributed by atoms with Crippen molar-refractivity contribution in [3.8, 4) is 5.75 Å². The van der Waals surface area contributed by atoms with E-state index >= 15 is 0 Å². The van der Waals surface area contributed by atoms with Crippen LogP contribution in [0, 0.1) is 5.82 Å². The van der Waals surface area contributed by atoms with Crippen LogP contribution in [-0.2, 0) is 26.0 Å². The highest BCUT2D eigenvalue weighted by molar-refractivity contribution is 6.31. The van der Waals surface area contributed by atoms with Gasteiger partial charge < -0.3 is 4.74 Å². The van der Waals surface area contributed by atoms with E-state index in [4.69, 9.17) is 27.9 Å². The van der Waals surface area contributed by atoms with Crippen LogP contribution in [0.5, 0.6) is 5.75 Å². The van der Waals surface area contributed by atoms with E-state index in [-0.39, 0.29) is 18.3 Å². The molecule has 0 N–H and O–H groups in total. The van der Waals surface area contributed by atoms with Gasteiger partial charge in [-0.15, -0.1) is 11.6 Å². The van der Waals surface area contributed by atoms with Crippen LogP contribution in [0.25, 0.3) is 0 Å². The maximum Gasteiger partial charge on any atom is 0.131 e. The molecule has 0 saturated heterocycles. The molecule has 0 aliphatic carbocycles. The zero-order valence-corrected chi connectivity index (χ0v) is 12.8. The zero-order chi connectivity index (χ0) is 14.7. The third-order valence-electron chi connectivity index (χ3n) is 2.96. The lowest BCUT2D eigenvalue weighted by Crippen LogP contribution is -2.04. The van der Waals surface area contributed by atoms with Crippen LogP contribution in [0.3, 0.4) is 0 Å². The lowest BCUT2D eigenvalue weighted by Gasteiger charge is -2.08. The second kappa shape index (κ2) is 6.46. The molecule has 1 aromatic heterocycles. The molecule has 2 rings (SSSR count). The first-order valence-electron chi connectivity index (χ1n) is 6.23. The Kier molecular flexibility index (Phi) is 4.89. The molecule has 108 valence electrons. The molecule has 0 atom stereocenters. The Morgan fingerprint density at radius 1 is 1.35 bits per heavy atom. The number of aromatic nitrogens is 2. The van der Waals surface area contributed by atoms with Crippen LogP contribution < -0.4 is 4.74 Å². The van der Waals surface area contributed by atoms with Gasteiger partial charge in [0.05, 0.1) is 16.4 Å². The van der Waals surface area contributed by atoms with E-state index in [0.717, 1.165) is 17.8 Å². The fraction of sp³-hybridized carbons (Fsp3) is 0.357. The van der Waals surface area contributed by atoms with E-state index in [1.807, 2.05) is 6.92 Å². The van der Waals surface area contributed by atoms with Gasteiger partial charge in [0.1, 0.15) is 18.2 Å². The Morgan fingerprint density at radius 2 is 2.10 bits per heavy atom. The van der Waals surface area contributed by atoms with Crippen molar-refractivity contribution in [2.75, 3.05) is 0 Å². The van der Waals surface area contributed by atoms with Gasteiger partial charge >= 0.3 is 0 Å². The summed E-state index contributed by atoms with van der Waals surface area (Å²) in [4.78, 5) is 0. The Hall–Kier alpha value is -1.26. The number of rotatable bonds is 5. The van der Waals surface area contributed by atoms with E-state index in [1.54, 1.807) is 17.8 Å². The number of nitrogens with zero attached hydrogens (tertiary/aromatic N) is 2. The van der Waals surface area contributed by atoms with Gasteiger partial charge in [-0.2, -0.15) is 5.10 Å². The monoisotopic (exact) mass is 316 g/mol. The predicted molar refractivity (Wildman–Crippen MR) is 77.9 cm³/mol. The molecule has 0 unspecified atom stereocenters. The van der Waals surface area contributed by atoms with Gasteiger partial charge in [0.25, 0.3) is 0 Å². The van der Waals surface area contributed by atoms with E-state index in [0.29, 0.717) is 16.3 Å². The molecule has 0 aliphatic rings. The summed E-state index contributed by atoms with van der Waals surface area (Å²) < 4.78 is 20.6. The molecule has 0 spiro atoms. The molecule has 0 aliphatic heterocycles. The highest BCUT2D eigenvalue weighted by Crippen LogP contribution is 2.24. The zero-order valence-electron chi connectivity index (χ0n) is 11.3. The first-order valence-corrected chi connectivity index (χ1v) is 7.14. The quantitative estimate of drug-likeness (QED) is 0.777. The van der Waals surface area contributed by atoms with E-state index < -0.39 is 0 Å². The van der Waals surface area contributed by atoms with Crippen LogP contribution >= 0.6 is 23.2 Å². The van der Waals surface area contributed by atoms with Crippen LogP contribution in [0.15, 0.2) is 18.2 Å². The van der Waals surface area contributed by atoms with Crippen molar-refractivity contribution in [2.45, 2.75) is 25.8 Å². The molecule has 3 nitrogen and oxygen atoms in total. The lowest BCUT2D eigenvalue weighted by atomic mass is 10.2. The van der Waals surface area contributed by atoms with Crippen molar-refractivity contribution < 1.29 is 9.13 Å². The molecule has 20 heavy (non-hydrogen) atoms. The Labute approximate surface area is 127 Å². The van der Waals surface area contributed by atoms with Crippen molar-refractivity contribution in [1.82, 2.24) is 9.78 Å². The molecule has 1 heterocycles. The summed E-state index contributed by atoms with van der Waals surface area (Å²) in [5.74, 6) is 0.292. The molecule has 0 fully saturated rings. The summed E-state index contributed by atoms with van der Waals surface area (Å²) in [7, 11) is 1.81. The predicted octanol–water partition coefficient (Wildman–Crippen LogP) is 4.09. The largest absolute Gasteiger partial charge is 0.487 e. The van der Waals surface area contributed by atoms with Crippen LogP contribution in [0.4, 0.5) is 4.39 Å². The van der Waals surface area contributed by atoms with Crippen LogP contribution in [0.2, 0.25) is 5.02 Å². The second-order valence-corrected chi connectivity index (χ2v) is 5.05. The number of halogens is 3. The molecule has 0 saturated carbocycles. The minimum Gasteiger partial charge on any atom is -0.487 e. The number of hydrogen-bond donors (Lipinski definition) is 0. The van der Waals surface area contributed by atoms with Crippen LogP contribution in [0.1, 0.15) is 23.9 Å². The van der Waals surface area contributed by atoms with Gasteiger partial charge in [0, 0.05) is 19.0 Å². The van der Waals surface area contributed by atoms with Gasteiger partial charge in [-0.25, -0.2) is 4.39 Å². The number of hydrogen-bond acceptors (Lipinski definition) is 2. The summed E-state index contributed by atoms with van der Waals surface area (Å²) in [6.45, 7) is 2.21. The third-order valence-corrected chi connectivity index (χ3v) is 3.71. The number of benzene rings is 1. The van der Waals surface area contributed by atoms with Gasteiger partial charge in [-0.3, -0.25) is 4.68 Å². The molecule has 0 amide bonds. The van der Waals surface area contributed by atoms with Crippen molar-refractivity contribution in [3.63, 3.8) is 0 Å². The summed E-state index contributed by atoms with van der Waals surface area (Å²) in [6, 6.07) is 4.41. The standard InChI is InChI=1S/C14H15Cl2FN2O/c1-3-12-14(16)13(19(2)18-12)8-20-11-5-9(7-15)4-10(17)6-11/h4-6H,3,7-8H2,1-2H3. The Morgan fingerprint density at radius 3 is 2.70 bits per heavy atom. The molecular formula is C14H15Cl2FN2O. The average molecular weight is 317 g/mol. The number of alkyl halides is 1. The van der Waals surface area contributed by atoms with Gasteiger partial charge in [0.15, 0.2) is 0 Å². The van der Waals surface area contributed by atoms with Crippen LogP contribution in [-0.4, -0.2) is 9.78 Å².